The van der Waals surface area contributed by atoms with Crippen LogP contribution in [0.5, 0.6) is 11.5 Å². The van der Waals surface area contributed by atoms with Crippen molar-refractivity contribution in [3.63, 3.8) is 0 Å². The molecule has 2 aliphatic heterocycles. The lowest BCUT2D eigenvalue weighted by Crippen LogP contribution is -2.48. The van der Waals surface area contributed by atoms with E-state index in [1.54, 1.807) is 24.4 Å². The molecule has 0 aliphatic carbocycles. The van der Waals surface area contributed by atoms with Crippen LogP contribution in [0.15, 0.2) is 35.4 Å². The molecule has 1 aromatic carbocycles. The lowest BCUT2D eigenvalue weighted by molar-refractivity contribution is 0.122. The molecule has 2 fully saturated rings. The molecule has 1 aromatic heterocycles. The van der Waals surface area contributed by atoms with Crippen LogP contribution in [-0.2, 0) is 14.8 Å². The lowest BCUT2D eigenvalue weighted by Gasteiger charge is -2.36. The zero-order chi connectivity index (χ0) is 23.3. The third-order valence-electron chi connectivity index (χ3n) is 5.71. The van der Waals surface area contributed by atoms with E-state index in [1.807, 2.05) is 19.9 Å². The van der Waals surface area contributed by atoms with Gasteiger partial charge in [-0.15, -0.1) is 5.10 Å². The van der Waals surface area contributed by atoms with E-state index in [0.29, 0.717) is 64.1 Å². The highest BCUT2D eigenvalue weighted by Crippen LogP contribution is 2.32. The maximum Gasteiger partial charge on any atom is 0.247 e. The van der Waals surface area contributed by atoms with Gasteiger partial charge in [-0.3, -0.25) is 0 Å². The summed E-state index contributed by atoms with van der Waals surface area (Å²) >= 11 is 0. The van der Waals surface area contributed by atoms with Gasteiger partial charge in [-0.25, -0.2) is 8.42 Å². The monoisotopic (exact) mass is 477 g/mol. The predicted molar refractivity (Wildman–Crippen MR) is 125 cm³/mol. The first-order valence-electron chi connectivity index (χ1n) is 11.3. The number of nitrogens with zero attached hydrogens (tertiary/aromatic N) is 5. The second-order valence-corrected chi connectivity index (χ2v) is 9.64. The second kappa shape index (κ2) is 10.5. The van der Waals surface area contributed by atoms with Crippen molar-refractivity contribution in [3.8, 4) is 11.5 Å². The Morgan fingerprint density at radius 1 is 0.939 bits per heavy atom. The Kier molecular flexibility index (Phi) is 7.51. The van der Waals surface area contributed by atoms with Crippen LogP contribution < -0.4 is 19.3 Å². The molecule has 0 saturated carbocycles. The summed E-state index contributed by atoms with van der Waals surface area (Å²) in [4.78, 5) is 4.44. The fourth-order valence-corrected chi connectivity index (χ4v) is 5.58. The Balaban J connectivity index is 1.48. The summed E-state index contributed by atoms with van der Waals surface area (Å²) in [5.41, 5.74) is 0.942. The Morgan fingerprint density at radius 2 is 1.67 bits per heavy atom. The van der Waals surface area contributed by atoms with E-state index in [0.717, 1.165) is 24.6 Å². The minimum atomic E-state index is -3.74. The molecule has 0 radical (unpaired) electrons. The van der Waals surface area contributed by atoms with Crippen molar-refractivity contribution in [3.05, 3.63) is 30.5 Å². The first-order chi connectivity index (χ1) is 16.0. The van der Waals surface area contributed by atoms with Crippen molar-refractivity contribution >= 4 is 21.5 Å². The number of aromatic nitrogens is 2. The van der Waals surface area contributed by atoms with Gasteiger partial charge in [-0.05, 0) is 26.0 Å². The summed E-state index contributed by atoms with van der Waals surface area (Å²) in [5.74, 6) is 1.67. The van der Waals surface area contributed by atoms with E-state index >= 15 is 0 Å². The van der Waals surface area contributed by atoms with E-state index in [1.165, 1.54) is 4.31 Å². The van der Waals surface area contributed by atoms with Crippen LogP contribution in [-0.4, -0.2) is 88.6 Å². The standard InChI is InChI=1S/C22H31N5O5S/c1-3-31-19-5-6-20(32-4-2)21(16-19)33(28,29)27-9-7-25(8-10-27)18-15-22(24-23-17-18)26-11-13-30-14-12-26/h5-6,15-17H,3-4,7-14H2,1-2H3. The normalized spacial score (nSPS) is 17.8. The van der Waals surface area contributed by atoms with E-state index in [-0.39, 0.29) is 4.90 Å². The van der Waals surface area contributed by atoms with Crippen molar-refractivity contribution in [1.82, 2.24) is 14.5 Å². The van der Waals surface area contributed by atoms with Crippen LogP contribution in [0.3, 0.4) is 0 Å². The largest absolute Gasteiger partial charge is 0.494 e. The zero-order valence-electron chi connectivity index (χ0n) is 19.1. The zero-order valence-corrected chi connectivity index (χ0v) is 20.0. The molecule has 2 saturated heterocycles. The van der Waals surface area contributed by atoms with Crippen molar-refractivity contribution < 1.29 is 22.6 Å². The average Bonchev–Trinajstić information content (AvgIpc) is 2.86. The summed E-state index contributed by atoms with van der Waals surface area (Å²) in [6.45, 7) is 9.30. The van der Waals surface area contributed by atoms with Crippen LogP contribution in [0.4, 0.5) is 11.5 Å². The highest BCUT2D eigenvalue weighted by molar-refractivity contribution is 7.89. The van der Waals surface area contributed by atoms with Gasteiger partial charge in [-0.2, -0.15) is 9.40 Å². The molecule has 0 bridgehead atoms. The van der Waals surface area contributed by atoms with Crippen LogP contribution in [0.1, 0.15) is 13.8 Å². The van der Waals surface area contributed by atoms with Gasteiger partial charge in [0.05, 0.1) is 38.3 Å². The minimum absolute atomic E-state index is 0.143. The third kappa shape index (κ3) is 5.31. The number of sulfonamides is 1. The fourth-order valence-electron chi connectivity index (χ4n) is 4.01. The Bertz CT molecular complexity index is 1040. The first-order valence-corrected chi connectivity index (χ1v) is 12.8. The van der Waals surface area contributed by atoms with E-state index in [2.05, 4.69) is 20.0 Å². The maximum atomic E-state index is 13.5. The van der Waals surface area contributed by atoms with Gasteiger partial charge in [0, 0.05) is 51.4 Å². The molecule has 0 unspecified atom stereocenters. The van der Waals surface area contributed by atoms with E-state index in [4.69, 9.17) is 14.2 Å². The molecule has 0 atom stereocenters. The Morgan fingerprint density at radius 3 is 2.36 bits per heavy atom. The summed E-state index contributed by atoms with van der Waals surface area (Å²) in [6.07, 6.45) is 1.73. The van der Waals surface area contributed by atoms with Crippen molar-refractivity contribution in [2.45, 2.75) is 18.7 Å². The number of rotatable bonds is 8. The highest BCUT2D eigenvalue weighted by atomic mass is 32.2. The molecule has 33 heavy (non-hydrogen) atoms. The van der Waals surface area contributed by atoms with Crippen LogP contribution in [0.25, 0.3) is 0 Å². The lowest BCUT2D eigenvalue weighted by atomic mass is 10.3. The molecule has 4 rings (SSSR count). The molecule has 0 amide bonds. The quantitative estimate of drug-likeness (QED) is 0.562. The van der Waals surface area contributed by atoms with Crippen molar-refractivity contribution in [2.75, 3.05) is 75.5 Å². The number of morpholine rings is 1. The maximum absolute atomic E-state index is 13.5. The van der Waals surface area contributed by atoms with Gasteiger partial charge in [0.2, 0.25) is 10.0 Å². The molecule has 2 aliphatic rings. The molecular weight excluding hydrogens is 446 g/mol. The molecule has 180 valence electrons. The van der Waals surface area contributed by atoms with Gasteiger partial charge in [0.25, 0.3) is 0 Å². The molecule has 3 heterocycles. The molecule has 0 spiro atoms. The Labute approximate surface area is 195 Å². The first kappa shape index (κ1) is 23.5. The number of piperazine rings is 1. The van der Waals surface area contributed by atoms with Gasteiger partial charge in [-0.1, -0.05) is 0 Å². The van der Waals surface area contributed by atoms with E-state index in [9.17, 15) is 8.42 Å². The van der Waals surface area contributed by atoms with Crippen LogP contribution >= 0.6 is 0 Å². The number of hydrogen-bond donors (Lipinski definition) is 0. The molecule has 10 nitrogen and oxygen atoms in total. The van der Waals surface area contributed by atoms with E-state index < -0.39 is 10.0 Å². The summed E-state index contributed by atoms with van der Waals surface area (Å²) in [7, 11) is -3.74. The van der Waals surface area contributed by atoms with Crippen molar-refractivity contribution in [2.24, 2.45) is 0 Å². The minimum Gasteiger partial charge on any atom is -0.494 e. The second-order valence-electron chi connectivity index (χ2n) is 7.74. The number of anilines is 2. The summed E-state index contributed by atoms with van der Waals surface area (Å²) < 4.78 is 45.0. The number of hydrogen-bond acceptors (Lipinski definition) is 9. The molecule has 11 heteroatoms. The predicted octanol–water partition coefficient (Wildman–Crippen LogP) is 1.62. The van der Waals surface area contributed by atoms with Crippen LogP contribution in [0, 0.1) is 0 Å². The summed E-state index contributed by atoms with van der Waals surface area (Å²) in [6, 6.07) is 6.96. The van der Waals surface area contributed by atoms with Gasteiger partial charge >= 0.3 is 0 Å². The summed E-state index contributed by atoms with van der Waals surface area (Å²) in [5, 5.41) is 8.44. The topological polar surface area (TPSA) is 97.3 Å². The molecular formula is C22H31N5O5S. The number of ether oxygens (including phenoxy) is 3. The highest BCUT2D eigenvalue weighted by Gasteiger charge is 2.32. The number of benzene rings is 1. The van der Waals surface area contributed by atoms with Gasteiger partial charge < -0.3 is 24.0 Å². The smallest absolute Gasteiger partial charge is 0.247 e. The molecule has 2 aromatic rings. The van der Waals surface area contributed by atoms with Crippen LogP contribution in [0.2, 0.25) is 0 Å². The SMILES string of the molecule is CCOc1ccc(OCC)c(S(=O)(=O)N2CCN(c3cnnc(N4CCOCC4)c3)CC2)c1. The van der Waals surface area contributed by atoms with Gasteiger partial charge in [0.15, 0.2) is 5.82 Å². The average molecular weight is 478 g/mol. The fraction of sp³-hybridized carbons (Fsp3) is 0.545. The van der Waals surface area contributed by atoms with Crippen molar-refractivity contribution in [1.29, 1.82) is 0 Å². The molecule has 0 N–H and O–H groups in total. The Hall–Kier alpha value is -2.63. The van der Waals surface area contributed by atoms with Gasteiger partial charge in [0.1, 0.15) is 16.4 Å². The third-order valence-corrected chi connectivity index (χ3v) is 7.63.